The van der Waals surface area contributed by atoms with Crippen LogP contribution in [0.3, 0.4) is 0 Å². The normalized spacial score (nSPS) is 10.5. The van der Waals surface area contributed by atoms with Gasteiger partial charge in [0.05, 0.1) is 0 Å². The number of rotatable bonds is 4. The van der Waals surface area contributed by atoms with E-state index in [1.165, 1.54) is 12.1 Å². The number of benzene rings is 2. The summed E-state index contributed by atoms with van der Waals surface area (Å²) >= 11 is 2.14. The minimum absolute atomic E-state index is 0.343. The van der Waals surface area contributed by atoms with Crippen LogP contribution in [0.1, 0.15) is 5.56 Å². The van der Waals surface area contributed by atoms with Gasteiger partial charge >= 0.3 is 0 Å². The highest BCUT2D eigenvalue weighted by Gasteiger charge is 2.13. The van der Waals surface area contributed by atoms with Crippen LogP contribution in [0, 0.1) is 15.2 Å². The van der Waals surface area contributed by atoms with E-state index in [2.05, 4.69) is 22.6 Å². The van der Waals surface area contributed by atoms with Gasteiger partial charge in [-0.1, -0.05) is 0 Å². The fraction of sp³-hybridized carbons (Fsp3) is 0.143. The van der Waals surface area contributed by atoms with Gasteiger partial charge in [-0.3, -0.25) is 0 Å². The lowest BCUT2D eigenvalue weighted by atomic mass is 10.1. The Kier molecular flexibility index (Phi) is 4.71. The molecule has 0 unspecified atom stereocenters. The van der Waals surface area contributed by atoms with Crippen molar-refractivity contribution in [1.29, 1.82) is 0 Å². The minimum Gasteiger partial charge on any atom is -0.451 e. The molecule has 0 atom stereocenters. The summed E-state index contributed by atoms with van der Waals surface area (Å²) in [5.41, 5.74) is 5.88. The van der Waals surface area contributed by atoms with Crippen LogP contribution in [0.15, 0.2) is 36.4 Å². The third-order valence-electron chi connectivity index (χ3n) is 2.52. The Morgan fingerprint density at radius 2 is 1.63 bits per heavy atom. The van der Waals surface area contributed by atoms with Gasteiger partial charge in [-0.15, -0.1) is 0 Å². The predicted octanol–water partition coefficient (Wildman–Crippen LogP) is 3.86. The first-order valence-electron chi connectivity index (χ1n) is 5.71. The van der Waals surface area contributed by atoms with Crippen molar-refractivity contribution in [3.8, 4) is 11.5 Å². The number of halogens is 3. The van der Waals surface area contributed by atoms with Gasteiger partial charge in [-0.25, -0.2) is 8.78 Å². The summed E-state index contributed by atoms with van der Waals surface area (Å²) in [4.78, 5) is 0. The molecule has 2 N–H and O–H groups in total. The summed E-state index contributed by atoms with van der Waals surface area (Å²) in [7, 11) is 0. The van der Waals surface area contributed by atoms with Crippen LogP contribution in [0.25, 0.3) is 0 Å². The van der Waals surface area contributed by atoms with Crippen LogP contribution in [0.5, 0.6) is 11.5 Å². The maximum absolute atomic E-state index is 13.8. The molecule has 2 aromatic carbocycles. The highest BCUT2D eigenvalue weighted by Crippen LogP contribution is 2.29. The van der Waals surface area contributed by atoms with Gasteiger partial charge in [0.1, 0.15) is 5.75 Å². The molecule has 0 saturated carbocycles. The second kappa shape index (κ2) is 6.29. The van der Waals surface area contributed by atoms with Gasteiger partial charge in [0, 0.05) is 3.57 Å². The van der Waals surface area contributed by atoms with Crippen LogP contribution in [-0.2, 0) is 6.42 Å². The summed E-state index contributed by atoms with van der Waals surface area (Å²) < 4.78 is 33.8. The second-order valence-corrected chi connectivity index (χ2v) is 5.23. The predicted molar refractivity (Wildman–Crippen MR) is 78.3 cm³/mol. The Morgan fingerprint density at radius 3 is 2.16 bits per heavy atom. The van der Waals surface area contributed by atoms with Crippen molar-refractivity contribution in [2.45, 2.75) is 6.42 Å². The highest BCUT2D eigenvalue weighted by atomic mass is 127. The largest absolute Gasteiger partial charge is 0.451 e. The molecule has 0 aliphatic rings. The zero-order valence-electron chi connectivity index (χ0n) is 10.00. The molecule has 0 radical (unpaired) electrons. The molecule has 0 bridgehead atoms. The molecule has 0 heterocycles. The minimum atomic E-state index is -0.720. The van der Waals surface area contributed by atoms with Gasteiger partial charge < -0.3 is 10.5 Å². The van der Waals surface area contributed by atoms with E-state index in [4.69, 9.17) is 10.5 Å². The SMILES string of the molecule is NCCc1cc(F)c(Oc2ccc(I)cc2)c(F)c1. The Bertz CT molecular complexity index is 549. The fourth-order valence-corrected chi connectivity index (χ4v) is 2.00. The fourth-order valence-electron chi connectivity index (χ4n) is 1.64. The van der Waals surface area contributed by atoms with Gasteiger partial charge in [-0.05, 0) is 77.5 Å². The van der Waals surface area contributed by atoms with Crippen molar-refractivity contribution in [3.63, 3.8) is 0 Å². The van der Waals surface area contributed by atoms with Crippen molar-refractivity contribution >= 4 is 22.6 Å². The van der Waals surface area contributed by atoms with E-state index in [0.717, 1.165) is 3.57 Å². The number of ether oxygens (including phenoxy) is 1. The molecule has 0 spiro atoms. The zero-order chi connectivity index (χ0) is 13.8. The third-order valence-corrected chi connectivity index (χ3v) is 3.24. The van der Waals surface area contributed by atoms with Crippen molar-refractivity contribution in [2.75, 3.05) is 6.54 Å². The first kappa shape index (κ1) is 14.2. The number of hydrogen-bond donors (Lipinski definition) is 1. The molecule has 0 aliphatic carbocycles. The van der Waals surface area contributed by atoms with Crippen molar-refractivity contribution in [3.05, 3.63) is 57.2 Å². The monoisotopic (exact) mass is 375 g/mol. The Balaban J connectivity index is 2.27. The molecule has 0 aromatic heterocycles. The van der Waals surface area contributed by atoms with E-state index in [-0.39, 0.29) is 5.75 Å². The van der Waals surface area contributed by atoms with Crippen molar-refractivity contribution in [1.82, 2.24) is 0 Å². The Hall–Kier alpha value is -1.21. The quantitative estimate of drug-likeness (QED) is 0.824. The summed E-state index contributed by atoms with van der Waals surface area (Å²) in [6.45, 7) is 0.343. The molecule has 19 heavy (non-hydrogen) atoms. The third kappa shape index (κ3) is 3.63. The van der Waals surface area contributed by atoms with Crippen molar-refractivity contribution < 1.29 is 13.5 Å². The molecule has 2 rings (SSSR count). The van der Waals surface area contributed by atoms with E-state index in [0.29, 0.717) is 24.3 Å². The summed E-state index contributed by atoms with van der Waals surface area (Å²) in [6.07, 6.45) is 0.428. The molecule has 0 fully saturated rings. The average Bonchev–Trinajstić information content (AvgIpc) is 2.36. The van der Waals surface area contributed by atoms with Gasteiger partial charge in [0.25, 0.3) is 0 Å². The lowest BCUT2D eigenvalue weighted by Gasteiger charge is -2.09. The van der Waals surface area contributed by atoms with E-state index >= 15 is 0 Å². The lowest BCUT2D eigenvalue weighted by Crippen LogP contribution is -2.04. The first-order valence-corrected chi connectivity index (χ1v) is 6.79. The highest BCUT2D eigenvalue weighted by molar-refractivity contribution is 14.1. The Morgan fingerprint density at radius 1 is 1.05 bits per heavy atom. The van der Waals surface area contributed by atoms with Crippen LogP contribution in [-0.4, -0.2) is 6.54 Å². The molecule has 2 aromatic rings. The van der Waals surface area contributed by atoms with Crippen LogP contribution < -0.4 is 10.5 Å². The van der Waals surface area contributed by atoms with Gasteiger partial charge in [0.2, 0.25) is 0 Å². The Labute approximate surface area is 123 Å². The zero-order valence-corrected chi connectivity index (χ0v) is 12.2. The molecule has 0 aliphatic heterocycles. The topological polar surface area (TPSA) is 35.2 Å². The number of hydrogen-bond acceptors (Lipinski definition) is 2. The molecular formula is C14H12F2INO. The smallest absolute Gasteiger partial charge is 0.198 e. The van der Waals surface area contributed by atoms with Gasteiger partial charge in [-0.2, -0.15) is 0 Å². The summed E-state index contributed by atoms with van der Waals surface area (Å²) in [6, 6.07) is 9.42. The van der Waals surface area contributed by atoms with E-state index in [1.54, 1.807) is 24.3 Å². The van der Waals surface area contributed by atoms with Crippen LogP contribution in [0.2, 0.25) is 0 Å². The lowest BCUT2D eigenvalue weighted by molar-refractivity contribution is 0.406. The molecular weight excluding hydrogens is 363 g/mol. The first-order chi connectivity index (χ1) is 9.10. The van der Waals surface area contributed by atoms with Crippen LogP contribution in [0.4, 0.5) is 8.78 Å². The van der Waals surface area contributed by atoms with Gasteiger partial charge in [0.15, 0.2) is 17.4 Å². The van der Waals surface area contributed by atoms with E-state index in [1.807, 2.05) is 0 Å². The average molecular weight is 375 g/mol. The maximum Gasteiger partial charge on any atom is 0.198 e. The summed E-state index contributed by atoms with van der Waals surface area (Å²) in [5, 5.41) is 0. The standard InChI is InChI=1S/C14H12F2INO/c15-12-7-9(5-6-18)8-13(16)14(12)19-11-3-1-10(17)2-4-11/h1-4,7-8H,5-6,18H2. The maximum atomic E-state index is 13.8. The number of nitrogens with two attached hydrogens (primary N) is 1. The molecule has 100 valence electrons. The second-order valence-electron chi connectivity index (χ2n) is 3.98. The summed E-state index contributed by atoms with van der Waals surface area (Å²) in [5.74, 6) is -1.43. The van der Waals surface area contributed by atoms with Crippen molar-refractivity contribution in [2.24, 2.45) is 5.73 Å². The molecule has 0 saturated heterocycles. The van der Waals surface area contributed by atoms with E-state index < -0.39 is 11.6 Å². The molecule has 2 nitrogen and oxygen atoms in total. The molecule has 5 heteroatoms. The molecule has 0 amide bonds. The van der Waals surface area contributed by atoms with E-state index in [9.17, 15) is 8.78 Å². The van der Waals surface area contributed by atoms with Crippen LogP contribution >= 0.6 is 22.6 Å².